The predicted octanol–water partition coefficient (Wildman–Crippen LogP) is 3.67. The molecule has 1 aliphatic rings. The zero-order valence-corrected chi connectivity index (χ0v) is 11.6. The van der Waals surface area contributed by atoms with Crippen molar-refractivity contribution in [1.29, 1.82) is 0 Å². The minimum Gasteiger partial charge on any atom is -0.399 e. The van der Waals surface area contributed by atoms with Gasteiger partial charge in [0.25, 0.3) is 0 Å². The molecule has 100 valence electrons. The number of rotatable bonds is 4. The lowest BCUT2D eigenvalue weighted by Gasteiger charge is -2.20. The van der Waals surface area contributed by atoms with E-state index in [-0.39, 0.29) is 0 Å². The fourth-order valence-corrected chi connectivity index (χ4v) is 3.03. The molecule has 1 aromatic carbocycles. The molecule has 2 rings (SSSR count). The minimum absolute atomic E-state index is 0.881. The van der Waals surface area contributed by atoms with E-state index in [9.17, 15) is 0 Å². The fraction of sp³-hybridized carbons (Fsp3) is 0.625. The molecule has 1 saturated heterocycles. The summed E-state index contributed by atoms with van der Waals surface area (Å²) < 4.78 is 0. The lowest BCUT2D eigenvalue weighted by atomic mass is 9.96. The van der Waals surface area contributed by atoms with Crippen LogP contribution in [-0.2, 0) is 6.54 Å². The molecule has 1 aromatic rings. The highest BCUT2D eigenvalue weighted by atomic mass is 15.1. The summed E-state index contributed by atoms with van der Waals surface area (Å²) in [6, 6.07) is 8.31. The van der Waals surface area contributed by atoms with E-state index in [2.05, 4.69) is 30.0 Å². The molecule has 18 heavy (non-hydrogen) atoms. The second-order valence-electron chi connectivity index (χ2n) is 5.61. The summed E-state index contributed by atoms with van der Waals surface area (Å²) in [5, 5.41) is 0. The van der Waals surface area contributed by atoms with Crippen molar-refractivity contribution >= 4 is 5.69 Å². The highest BCUT2D eigenvalue weighted by Crippen LogP contribution is 2.23. The maximum absolute atomic E-state index is 5.84. The zero-order valence-electron chi connectivity index (χ0n) is 11.6. The molecule has 0 spiro atoms. The van der Waals surface area contributed by atoms with Crippen molar-refractivity contribution in [3.8, 4) is 0 Å². The number of nitrogen functional groups attached to an aromatic ring is 1. The van der Waals surface area contributed by atoms with Gasteiger partial charge in [0.2, 0.25) is 0 Å². The summed E-state index contributed by atoms with van der Waals surface area (Å²) in [5.41, 5.74) is 8.07. The van der Waals surface area contributed by atoms with Crippen LogP contribution < -0.4 is 5.73 Å². The van der Waals surface area contributed by atoms with E-state index < -0.39 is 0 Å². The lowest BCUT2D eigenvalue weighted by Crippen LogP contribution is -2.24. The van der Waals surface area contributed by atoms with E-state index in [1.165, 1.54) is 50.8 Å². The molecule has 1 heterocycles. The Bertz CT molecular complexity index is 362. The van der Waals surface area contributed by atoms with Crippen LogP contribution in [0, 0.1) is 5.92 Å². The molecule has 1 unspecified atom stereocenters. The monoisotopic (exact) mass is 246 g/mol. The topological polar surface area (TPSA) is 29.3 Å². The van der Waals surface area contributed by atoms with Gasteiger partial charge in [-0.15, -0.1) is 0 Å². The van der Waals surface area contributed by atoms with Gasteiger partial charge in [-0.1, -0.05) is 31.9 Å². The number of likely N-dealkylation sites (tertiary alicyclic amines) is 1. The first-order valence-corrected chi connectivity index (χ1v) is 7.34. The Kier molecular flexibility index (Phi) is 5.06. The van der Waals surface area contributed by atoms with Crippen LogP contribution in [0.2, 0.25) is 0 Å². The molecule has 0 saturated carbocycles. The van der Waals surface area contributed by atoms with Gasteiger partial charge in [0.1, 0.15) is 0 Å². The number of benzene rings is 1. The Morgan fingerprint density at radius 2 is 2.17 bits per heavy atom. The average molecular weight is 246 g/mol. The Morgan fingerprint density at radius 3 is 2.94 bits per heavy atom. The summed E-state index contributed by atoms with van der Waals surface area (Å²) in [7, 11) is 0. The van der Waals surface area contributed by atoms with Crippen molar-refractivity contribution in [3.63, 3.8) is 0 Å². The molecule has 0 aliphatic carbocycles. The molecule has 2 N–H and O–H groups in total. The van der Waals surface area contributed by atoms with Crippen LogP contribution in [0.15, 0.2) is 24.3 Å². The standard InChI is InChI=1S/C16H26N2/c1-2-5-14-7-4-10-18(11-9-14)13-15-6-3-8-16(17)12-15/h3,6,8,12,14H,2,4-5,7,9-11,13,17H2,1H3. The molecule has 0 radical (unpaired) electrons. The molecule has 0 bridgehead atoms. The molecule has 1 atom stereocenters. The van der Waals surface area contributed by atoms with Gasteiger partial charge >= 0.3 is 0 Å². The predicted molar refractivity (Wildman–Crippen MR) is 78.4 cm³/mol. The first-order valence-electron chi connectivity index (χ1n) is 7.34. The first kappa shape index (κ1) is 13.4. The molecule has 2 nitrogen and oxygen atoms in total. The molecular weight excluding hydrogens is 220 g/mol. The van der Waals surface area contributed by atoms with Crippen molar-refractivity contribution < 1.29 is 0 Å². The van der Waals surface area contributed by atoms with Crippen molar-refractivity contribution in [2.45, 2.75) is 45.6 Å². The van der Waals surface area contributed by atoms with Crippen molar-refractivity contribution in [1.82, 2.24) is 4.90 Å². The molecule has 0 aromatic heterocycles. The van der Waals surface area contributed by atoms with Crippen molar-refractivity contribution in [3.05, 3.63) is 29.8 Å². The van der Waals surface area contributed by atoms with Gasteiger partial charge in [0, 0.05) is 12.2 Å². The number of hydrogen-bond acceptors (Lipinski definition) is 2. The third-order valence-electron chi connectivity index (χ3n) is 3.99. The summed E-state index contributed by atoms with van der Waals surface area (Å²) in [4.78, 5) is 2.59. The summed E-state index contributed by atoms with van der Waals surface area (Å²) >= 11 is 0. The maximum atomic E-state index is 5.84. The molecule has 2 heteroatoms. The number of nitrogens with two attached hydrogens (primary N) is 1. The molecule has 1 fully saturated rings. The van der Waals surface area contributed by atoms with Crippen LogP contribution >= 0.6 is 0 Å². The number of anilines is 1. The third kappa shape index (κ3) is 4.02. The van der Waals surface area contributed by atoms with Gasteiger partial charge in [-0.3, -0.25) is 4.90 Å². The normalized spacial score (nSPS) is 21.7. The SMILES string of the molecule is CCCC1CCCN(Cc2cccc(N)c2)CC1. The van der Waals surface area contributed by atoms with Crippen LogP contribution in [0.4, 0.5) is 5.69 Å². The fourth-order valence-electron chi connectivity index (χ4n) is 3.03. The van der Waals surface area contributed by atoms with Crippen LogP contribution in [0.25, 0.3) is 0 Å². The first-order chi connectivity index (χ1) is 8.78. The van der Waals surface area contributed by atoms with Crippen LogP contribution in [0.5, 0.6) is 0 Å². The highest BCUT2D eigenvalue weighted by molar-refractivity contribution is 5.40. The summed E-state index contributed by atoms with van der Waals surface area (Å²) in [5.74, 6) is 0.959. The molecule has 0 amide bonds. The average Bonchev–Trinajstić information content (AvgIpc) is 2.56. The summed E-state index contributed by atoms with van der Waals surface area (Å²) in [6.07, 6.45) is 6.89. The maximum Gasteiger partial charge on any atom is 0.0317 e. The summed E-state index contributed by atoms with van der Waals surface area (Å²) in [6.45, 7) is 5.85. The highest BCUT2D eigenvalue weighted by Gasteiger charge is 2.16. The Labute approximate surface area is 111 Å². The second-order valence-corrected chi connectivity index (χ2v) is 5.61. The van der Waals surface area contributed by atoms with Gasteiger partial charge in [-0.25, -0.2) is 0 Å². The van der Waals surface area contributed by atoms with E-state index in [0.717, 1.165) is 18.2 Å². The minimum atomic E-state index is 0.881. The van der Waals surface area contributed by atoms with E-state index in [1.807, 2.05) is 6.07 Å². The quantitative estimate of drug-likeness (QED) is 0.821. The van der Waals surface area contributed by atoms with Crippen LogP contribution in [0.3, 0.4) is 0 Å². The second kappa shape index (κ2) is 6.79. The van der Waals surface area contributed by atoms with Crippen LogP contribution in [-0.4, -0.2) is 18.0 Å². The largest absolute Gasteiger partial charge is 0.399 e. The Morgan fingerprint density at radius 1 is 1.28 bits per heavy atom. The number of hydrogen-bond donors (Lipinski definition) is 1. The lowest BCUT2D eigenvalue weighted by molar-refractivity contribution is 0.271. The smallest absolute Gasteiger partial charge is 0.0317 e. The van der Waals surface area contributed by atoms with E-state index >= 15 is 0 Å². The van der Waals surface area contributed by atoms with Gasteiger partial charge in [-0.05, 0) is 56.0 Å². The van der Waals surface area contributed by atoms with Crippen molar-refractivity contribution in [2.75, 3.05) is 18.8 Å². The van der Waals surface area contributed by atoms with Crippen molar-refractivity contribution in [2.24, 2.45) is 5.92 Å². The molecular formula is C16H26N2. The number of nitrogens with zero attached hydrogens (tertiary/aromatic N) is 1. The van der Waals surface area contributed by atoms with Gasteiger partial charge < -0.3 is 5.73 Å². The molecule has 1 aliphatic heterocycles. The van der Waals surface area contributed by atoms with Gasteiger partial charge in [0.15, 0.2) is 0 Å². The Balaban J connectivity index is 1.87. The van der Waals surface area contributed by atoms with E-state index in [4.69, 9.17) is 5.73 Å². The third-order valence-corrected chi connectivity index (χ3v) is 3.99. The van der Waals surface area contributed by atoms with E-state index in [0.29, 0.717) is 0 Å². The Hall–Kier alpha value is -1.02. The zero-order chi connectivity index (χ0) is 12.8. The van der Waals surface area contributed by atoms with Gasteiger partial charge in [-0.2, -0.15) is 0 Å². The van der Waals surface area contributed by atoms with E-state index in [1.54, 1.807) is 0 Å². The van der Waals surface area contributed by atoms with Crippen LogP contribution in [0.1, 0.15) is 44.6 Å². The van der Waals surface area contributed by atoms with Gasteiger partial charge in [0.05, 0.1) is 0 Å².